The number of aliphatic hydroxyl groups excluding tert-OH is 1. The molecular weight excluding hydrogens is 228 g/mol. The minimum atomic E-state index is -0.391. The molecule has 1 aliphatic carbocycles. The van der Waals surface area contributed by atoms with Gasteiger partial charge in [-0.05, 0) is 38.1 Å². The van der Waals surface area contributed by atoms with Crippen LogP contribution in [-0.4, -0.2) is 59.6 Å². The first kappa shape index (κ1) is 13.8. The van der Waals surface area contributed by atoms with Gasteiger partial charge in [-0.2, -0.15) is 0 Å². The maximum absolute atomic E-state index is 11.5. The molecule has 0 aromatic heterocycles. The van der Waals surface area contributed by atoms with Crippen LogP contribution in [0, 0.1) is 5.92 Å². The summed E-state index contributed by atoms with van der Waals surface area (Å²) in [7, 11) is 0. The lowest BCUT2D eigenvalue weighted by Crippen LogP contribution is -2.41. The second kappa shape index (κ2) is 6.53. The molecule has 18 heavy (non-hydrogen) atoms. The van der Waals surface area contributed by atoms with Crippen molar-refractivity contribution < 1.29 is 9.90 Å². The zero-order valence-electron chi connectivity index (χ0n) is 11.5. The standard InChI is InChI=1S/C14H26N2O2/c1-2-7-15(9-12-5-6-12)10-13(17)11-16-8-3-4-14(16)18/h12-13,17H,2-11H2,1H3. The zero-order valence-corrected chi connectivity index (χ0v) is 11.5. The van der Waals surface area contributed by atoms with Crippen LogP contribution in [0.5, 0.6) is 0 Å². The normalized spacial score (nSPS) is 21.9. The molecule has 1 aliphatic heterocycles. The Morgan fingerprint density at radius 3 is 2.83 bits per heavy atom. The summed E-state index contributed by atoms with van der Waals surface area (Å²) in [5.74, 6) is 1.07. The molecule has 2 fully saturated rings. The summed E-state index contributed by atoms with van der Waals surface area (Å²) in [6.45, 7) is 6.42. The molecule has 0 aromatic carbocycles. The van der Waals surface area contributed by atoms with E-state index in [1.807, 2.05) is 4.90 Å². The molecule has 1 saturated carbocycles. The lowest BCUT2D eigenvalue weighted by Gasteiger charge is -2.27. The minimum Gasteiger partial charge on any atom is -0.390 e. The topological polar surface area (TPSA) is 43.8 Å². The number of β-amino-alcohol motifs (C(OH)–C–C–N with tert-alkyl or cyclic N) is 1. The smallest absolute Gasteiger partial charge is 0.222 e. The van der Waals surface area contributed by atoms with Crippen LogP contribution in [0.4, 0.5) is 0 Å². The molecule has 2 aliphatic rings. The Morgan fingerprint density at radius 1 is 1.50 bits per heavy atom. The van der Waals surface area contributed by atoms with Crippen molar-refractivity contribution in [1.29, 1.82) is 0 Å². The first-order valence-corrected chi connectivity index (χ1v) is 7.37. The number of nitrogens with zero attached hydrogens (tertiary/aromatic N) is 2. The predicted octanol–water partition coefficient (Wildman–Crippen LogP) is 1.09. The molecule has 4 nitrogen and oxygen atoms in total. The fraction of sp³-hybridized carbons (Fsp3) is 0.929. The van der Waals surface area contributed by atoms with Gasteiger partial charge in [-0.1, -0.05) is 6.92 Å². The molecular formula is C14H26N2O2. The molecule has 2 rings (SSSR count). The van der Waals surface area contributed by atoms with E-state index in [1.165, 1.54) is 12.8 Å². The van der Waals surface area contributed by atoms with E-state index in [0.717, 1.165) is 38.4 Å². The van der Waals surface area contributed by atoms with Crippen molar-refractivity contribution in [2.45, 2.75) is 45.1 Å². The summed E-state index contributed by atoms with van der Waals surface area (Å²) < 4.78 is 0. The molecule has 1 N–H and O–H groups in total. The number of aliphatic hydroxyl groups is 1. The van der Waals surface area contributed by atoms with Gasteiger partial charge in [-0.25, -0.2) is 0 Å². The van der Waals surface area contributed by atoms with Crippen LogP contribution in [0.25, 0.3) is 0 Å². The maximum atomic E-state index is 11.5. The lowest BCUT2D eigenvalue weighted by molar-refractivity contribution is -0.129. The van der Waals surface area contributed by atoms with Crippen LogP contribution in [0.1, 0.15) is 39.0 Å². The molecule has 1 amide bonds. The van der Waals surface area contributed by atoms with E-state index in [1.54, 1.807) is 0 Å². The van der Waals surface area contributed by atoms with Gasteiger partial charge in [0.05, 0.1) is 6.10 Å². The third-order valence-corrected chi connectivity index (χ3v) is 3.82. The Hall–Kier alpha value is -0.610. The molecule has 1 saturated heterocycles. The number of carbonyl (C=O) groups excluding carboxylic acids is 1. The summed E-state index contributed by atoms with van der Waals surface area (Å²) >= 11 is 0. The molecule has 1 atom stereocenters. The molecule has 0 aromatic rings. The molecule has 4 heteroatoms. The van der Waals surface area contributed by atoms with Crippen molar-refractivity contribution in [2.75, 3.05) is 32.7 Å². The van der Waals surface area contributed by atoms with Crippen molar-refractivity contribution in [1.82, 2.24) is 9.80 Å². The summed E-state index contributed by atoms with van der Waals surface area (Å²) in [6.07, 6.45) is 5.04. The van der Waals surface area contributed by atoms with Crippen molar-refractivity contribution in [2.24, 2.45) is 5.92 Å². The average molecular weight is 254 g/mol. The Labute approximate surface area is 110 Å². The SMILES string of the molecule is CCCN(CC(O)CN1CCCC1=O)CC1CC1. The van der Waals surface area contributed by atoms with Crippen molar-refractivity contribution >= 4 is 5.91 Å². The second-order valence-corrected chi connectivity index (χ2v) is 5.80. The third kappa shape index (κ3) is 4.25. The van der Waals surface area contributed by atoms with Crippen LogP contribution in [0.15, 0.2) is 0 Å². The molecule has 0 spiro atoms. The maximum Gasteiger partial charge on any atom is 0.222 e. The van der Waals surface area contributed by atoms with Gasteiger partial charge < -0.3 is 14.9 Å². The van der Waals surface area contributed by atoms with Gasteiger partial charge in [0.2, 0.25) is 5.91 Å². The summed E-state index contributed by atoms with van der Waals surface area (Å²) in [6, 6.07) is 0. The number of hydrogen-bond acceptors (Lipinski definition) is 3. The van der Waals surface area contributed by atoms with E-state index in [9.17, 15) is 9.90 Å². The Balaban J connectivity index is 1.72. The molecule has 1 heterocycles. The van der Waals surface area contributed by atoms with E-state index in [4.69, 9.17) is 0 Å². The third-order valence-electron chi connectivity index (χ3n) is 3.82. The van der Waals surface area contributed by atoms with Gasteiger partial charge >= 0.3 is 0 Å². The largest absolute Gasteiger partial charge is 0.390 e. The van der Waals surface area contributed by atoms with E-state index < -0.39 is 6.10 Å². The Morgan fingerprint density at radius 2 is 2.28 bits per heavy atom. The minimum absolute atomic E-state index is 0.207. The Bertz CT molecular complexity index is 279. The van der Waals surface area contributed by atoms with Gasteiger partial charge in [0.1, 0.15) is 0 Å². The van der Waals surface area contributed by atoms with Gasteiger partial charge in [0.15, 0.2) is 0 Å². The highest BCUT2D eigenvalue weighted by molar-refractivity contribution is 5.78. The van der Waals surface area contributed by atoms with Gasteiger partial charge in [0, 0.05) is 32.6 Å². The van der Waals surface area contributed by atoms with Crippen LogP contribution in [0.2, 0.25) is 0 Å². The average Bonchev–Trinajstić information content (AvgIpc) is 3.04. The van der Waals surface area contributed by atoms with Crippen molar-refractivity contribution in [3.05, 3.63) is 0 Å². The van der Waals surface area contributed by atoms with Crippen LogP contribution in [0.3, 0.4) is 0 Å². The molecule has 0 radical (unpaired) electrons. The number of rotatable bonds is 8. The van der Waals surface area contributed by atoms with Gasteiger partial charge in [-0.3, -0.25) is 4.79 Å². The first-order chi connectivity index (χ1) is 8.69. The van der Waals surface area contributed by atoms with E-state index in [2.05, 4.69) is 11.8 Å². The highest BCUT2D eigenvalue weighted by atomic mass is 16.3. The fourth-order valence-electron chi connectivity index (χ4n) is 2.75. The van der Waals surface area contributed by atoms with Crippen LogP contribution in [-0.2, 0) is 4.79 Å². The lowest BCUT2D eigenvalue weighted by atomic mass is 10.2. The number of likely N-dealkylation sites (tertiary alicyclic amines) is 1. The first-order valence-electron chi connectivity index (χ1n) is 7.37. The number of carbonyl (C=O) groups is 1. The van der Waals surface area contributed by atoms with E-state index in [0.29, 0.717) is 19.5 Å². The number of amides is 1. The molecule has 0 bridgehead atoms. The van der Waals surface area contributed by atoms with E-state index >= 15 is 0 Å². The van der Waals surface area contributed by atoms with Crippen molar-refractivity contribution in [3.8, 4) is 0 Å². The van der Waals surface area contributed by atoms with Crippen LogP contribution >= 0.6 is 0 Å². The summed E-state index contributed by atoms with van der Waals surface area (Å²) in [5.41, 5.74) is 0. The highest BCUT2D eigenvalue weighted by Crippen LogP contribution is 2.29. The number of hydrogen-bond donors (Lipinski definition) is 1. The zero-order chi connectivity index (χ0) is 13.0. The molecule has 104 valence electrons. The quantitative estimate of drug-likeness (QED) is 0.705. The highest BCUT2D eigenvalue weighted by Gasteiger charge is 2.27. The predicted molar refractivity (Wildman–Crippen MR) is 71.3 cm³/mol. The second-order valence-electron chi connectivity index (χ2n) is 5.80. The van der Waals surface area contributed by atoms with Gasteiger partial charge in [0.25, 0.3) is 0 Å². The summed E-state index contributed by atoms with van der Waals surface area (Å²) in [4.78, 5) is 15.7. The van der Waals surface area contributed by atoms with Gasteiger partial charge in [-0.15, -0.1) is 0 Å². The van der Waals surface area contributed by atoms with Crippen molar-refractivity contribution in [3.63, 3.8) is 0 Å². The summed E-state index contributed by atoms with van der Waals surface area (Å²) in [5, 5.41) is 10.1. The molecule has 1 unspecified atom stereocenters. The Kier molecular flexibility index (Phi) is 5.01. The monoisotopic (exact) mass is 254 g/mol. The van der Waals surface area contributed by atoms with E-state index in [-0.39, 0.29) is 5.91 Å². The fourth-order valence-corrected chi connectivity index (χ4v) is 2.75. The van der Waals surface area contributed by atoms with Crippen LogP contribution < -0.4 is 0 Å².